The van der Waals surface area contributed by atoms with E-state index in [-0.39, 0.29) is 23.4 Å². The molecule has 0 spiro atoms. The minimum absolute atomic E-state index is 0.0669. The number of nitrogens with zero attached hydrogens (tertiary/aromatic N) is 6. The number of amides is 1. The van der Waals surface area contributed by atoms with E-state index in [0.29, 0.717) is 36.6 Å². The molecule has 5 rings (SSSR count). The number of benzene rings is 1. The third-order valence-corrected chi connectivity index (χ3v) is 7.98. The van der Waals surface area contributed by atoms with Gasteiger partial charge in [-0.2, -0.15) is 10.4 Å². The third kappa shape index (κ3) is 3.89. The summed E-state index contributed by atoms with van der Waals surface area (Å²) in [6.45, 7) is 2.60. The van der Waals surface area contributed by atoms with E-state index in [9.17, 15) is 13.2 Å². The summed E-state index contributed by atoms with van der Waals surface area (Å²) in [4.78, 5) is 21.8. The van der Waals surface area contributed by atoms with Crippen LogP contribution in [0.5, 0.6) is 0 Å². The second kappa shape index (κ2) is 7.67. The van der Waals surface area contributed by atoms with Gasteiger partial charge in [-0.25, -0.2) is 13.1 Å². The van der Waals surface area contributed by atoms with Crippen molar-refractivity contribution < 1.29 is 13.2 Å². The number of hydrogen-bond donors (Lipinski definition) is 1. The largest absolute Gasteiger partial charge is 0.306 e. The Morgan fingerprint density at radius 2 is 2.12 bits per heavy atom. The lowest BCUT2D eigenvalue weighted by Gasteiger charge is -2.38. The summed E-state index contributed by atoms with van der Waals surface area (Å²) >= 11 is 0. The fourth-order valence-corrected chi connectivity index (χ4v) is 5.82. The van der Waals surface area contributed by atoms with Crippen molar-refractivity contribution in [2.45, 2.75) is 55.6 Å². The molecule has 2 aromatic rings. The standard InChI is InChI=1S/C22H25N7O3S/c1-22(7-8-22)26-33(31,32)17-5-6-19-18(10-17)20(30)28(14-15-11-25-27(2)13-15)21-24-12-16(29(19)21)4-3-9-23/h5-6,10-11,13,16,26H,3-4,7-8,12,14H2,1-2H3. The molecule has 1 unspecified atom stereocenters. The molecule has 0 radical (unpaired) electrons. The number of anilines is 1. The number of guanidine groups is 1. The van der Waals surface area contributed by atoms with Gasteiger partial charge in [0, 0.05) is 30.8 Å². The second-order valence-corrected chi connectivity index (χ2v) is 10.8. The van der Waals surface area contributed by atoms with E-state index in [0.717, 1.165) is 18.4 Å². The van der Waals surface area contributed by atoms with Crippen LogP contribution < -0.4 is 9.62 Å². The molecule has 1 aromatic heterocycles. The van der Waals surface area contributed by atoms with Crippen LogP contribution in [-0.2, 0) is 23.6 Å². The third-order valence-electron chi connectivity index (χ3n) is 6.35. The lowest BCUT2D eigenvalue weighted by atomic mass is 10.0. The summed E-state index contributed by atoms with van der Waals surface area (Å²) in [6, 6.07) is 6.77. The molecule has 1 amide bonds. The smallest absolute Gasteiger partial charge is 0.263 e. The van der Waals surface area contributed by atoms with E-state index < -0.39 is 15.6 Å². The summed E-state index contributed by atoms with van der Waals surface area (Å²) in [6.07, 6.45) is 6.07. The number of sulfonamides is 1. The molecule has 0 saturated heterocycles. The molecule has 172 valence electrons. The van der Waals surface area contributed by atoms with Crippen LogP contribution in [0.25, 0.3) is 0 Å². The van der Waals surface area contributed by atoms with Crippen LogP contribution in [0.3, 0.4) is 0 Å². The molecule has 10 nitrogen and oxygen atoms in total. The van der Waals surface area contributed by atoms with Crippen LogP contribution in [0.15, 0.2) is 40.5 Å². The molecule has 3 aliphatic rings. The Morgan fingerprint density at radius 1 is 1.33 bits per heavy atom. The van der Waals surface area contributed by atoms with Crippen LogP contribution in [-0.4, -0.2) is 53.1 Å². The van der Waals surface area contributed by atoms with Crippen LogP contribution in [0.2, 0.25) is 0 Å². The Balaban J connectivity index is 1.55. The van der Waals surface area contributed by atoms with Gasteiger partial charge in [0.15, 0.2) is 0 Å². The molecule has 1 aromatic carbocycles. The average molecular weight is 468 g/mol. The van der Waals surface area contributed by atoms with Gasteiger partial charge in [0.2, 0.25) is 16.0 Å². The Morgan fingerprint density at radius 3 is 2.79 bits per heavy atom. The van der Waals surface area contributed by atoms with Crippen molar-refractivity contribution in [3.63, 3.8) is 0 Å². The van der Waals surface area contributed by atoms with Gasteiger partial charge in [0.05, 0.1) is 47.5 Å². The molecule has 2 aliphatic heterocycles. The molecule has 33 heavy (non-hydrogen) atoms. The summed E-state index contributed by atoms with van der Waals surface area (Å²) in [7, 11) is -1.96. The van der Waals surface area contributed by atoms with Crippen molar-refractivity contribution in [1.29, 1.82) is 5.26 Å². The fourth-order valence-electron chi connectivity index (χ4n) is 4.33. The number of carbonyl (C=O) groups is 1. The highest BCUT2D eigenvalue weighted by molar-refractivity contribution is 7.89. The quantitative estimate of drug-likeness (QED) is 0.662. The van der Waals surface area contributed by atoms with Crippen molar-refractivity contribution in [1.82, 2.24) is 19.4 Å². The Bertz CT molecular complexity index is 1300. The lowest BCUT2D eigenvalue weighted by Crippen LogP contribution is -2.52. The van der Waals surface area contributed by atoms with Gasteiger partial charge < -0.3 is 4.90 Å². The Hall–Kier alpha value is -3.23. The average Bonchev–Trinajstić information content (AvgIpc) is 3.15. The number of hydrogen-bond acceptors (Lipinski definition) is 7. The van der Waals surface area contributed by atoms with Crippen LogP contribution in [0.4, 0.5) is 5.69 Å². The van der Waals surface area contributed by atoms with Crippen molar-refractivity contribution in [3.05, 3.63) is 41.7 Å². The highest BCUT2D eigenvalue weighted by Gasteiger charge is 2.44. The molecule has 3 heterocycles. The molecule has 1 atom stereocenters. The van der Waals surface area contributed by atoms with Gasteiger partial charge in [-0.05, 0) is 44.4 Å². The van der Waals surface area contributed by atoms with Crippen molar-refractivity contribution in [2.24, 2.45) is 12.0 Å². The number of fused-ring (bicyclic) bond motifs is 3. The predicted octanol–water partition coefficient (Wildman–Crippen LogP) is 1.76. The maximum atomic E-state index is 13.6. The second-order valence-electron chi connectivity index (χ2n) is 9.12. The molecule has 1 aliphatic carbocycles. The van der Waals surface area contributed by atoms with E-state index in [1.54, 1.807) is 28.9 Å². The number of nitriles is 1. The summed E-state index contributed by atoms with van der Waals surface area (Å²) < 4.78 is 30.3. The first kappa shape index (κ1) is 21.6. The maximum Gasteiger partial charge on any atom is 0.263 e. The Labute approximate surface area is 192 Å². The number of nitrogens with one attached hydrogen (secondary N) is 1. The molecule has 1 fully saturated rings. The summed E-state index contributed by atoms with van der Waals surface area (Å²) in [5.41, 5.74) is 1.36. The Kier molecular flexibility index (Phi) is 5.02. The molecule has 1 saturated carbocycles. The van der Waals surface area contributed by atoms with E-state index in [2.05, 4.69) is 20.9 Å². The first-order valence-corrected chi connectivity index (χ1v) is 12.4. The fraction of sp³-hybridized carbons (Fsp3) is 0.455. The SMILES string of the molecule is Cn1cc(CN2C(=O)c3cc(S(=O)(=O)NC4(C)CC4)ccc3N3C2=NCC3CCC#N)cn1. The number of rotatable bonds is 7. The van der Waals surface area contributed by atoms with E-state index in [1.165, 1.54) is 12.1 Å². The zero-order chi connectivity index (χ0) is 23.4. The molecule has 11 heteroatoms. The normalized spacial score (nSPS) is 20.8. The minimum Gasteiger partial charge on any atom is -0.306 e. The first-order valence-electron chi connectivity index (χ1n) is 10.9. The van der Waals surface area contributed by atoms with Crippen LogP contribution in [0, 0.1) is 11.3 Å². The number of aromatic nitrogens is 2. The monoisotopic (exact) mass is 467 g/mol. The minimum atomic E-state index is -3.76. The molecular formula is C22H25N7O3S. The van der Waals surface area contributed by atoms with E-state index >= 15 is 0 Å². The van der Waals surface area contributed by atoms with Gasteiger partial charge >= 0.3 is 0 Å². The molecule has 0 bridgehead atoms. The lowest BCUT2D eigenvalue weighted by molar-refractivity contribution is 0.0832. The first-order chi connectivity index (χ1) is 15.7. The van der Waals surface area contributed by atoms with E-state index in [1.807, 2.05) is 18.0 Å². The van der Waals surface area contributed by atoms with Crippen LogP contribution in [0.1, 0.15) is 48.5 Å². The van der Waals surface area contributed by atoms with Crippen LogP contribution >= 0.6 is 0 Å². The number of aryl methyl sites for hydroxylation is 1. The maximum absolute atomic E-state index is 13.6. The van der Waals surface area contributed by atoms with Gasteiger partial charge in [-0.15, -0.1) is 0 Å². The topological polar surface area (TPSA) is 124 Å². The molecular weight excluding hydrogens is 442 g/mol. The highest BCUT2D eigenvalue weighted by Crippen LogP contribution is 2.38. The van der Waals surface area contributed by atoms with Gasteiger partial charge in [0.25, 0.3) is 5.91 Å². The van der Waals surface area contributed by atoms with Crippen molar-refractivity contribution in [2.75, 3.05) is 11.4 Å². The van der Waals surface area contributed by atoms with Crippen molar-refractivity contribution >= 4 is 27.6 Å². The predicted molar refractivity (Wildman–Crippen MR) is 121 cm³/mol. The van der Waals surface area contributed by atoms with Gasteiger partial charge in [-0.1, -0.05) is 0 Å². The zero-order valence-corrected chi connectivity index (χ0v) is 19.3. The summed E-state index contributed by atoms with van der Waals surface area (Å²) in [5.74, 6) is 0.220. The number of aliphatic imine (C=N–C) groups is 1. The molecule has 1 N–H and O–H groups in total. The number of carbonyl (C=O) groups excluding carboxylic acids is 1. The van der Waals surface area contributed by atoms with Gasteiger partial charge in [-0.3, -0.25) is 19.4 Å². The van der Waals surface area contributed by atoms with Crippen molar-refractivity contribution in [3.8, 4) is 6.07 Å². The highest BCUT2D eigenvalue weighted by atomic mass is 32.2. The van der Waals surface area contributed by atoms with E-state index in [4.69, 9.17) is 5.26 Å². The zero-order valence-electron chi connectivity index (χ0n) is 18.5. The summed E-state index contributed by atoms with van der Waals surface area (Å²) in [5, 5.41) is 13.3. The van der Waals surface area contributed by atoms with Gasteiger partial charge in [0.1, 0.15) is 0 Å².